The minimum Gasteiger partial charge on any atom is -0.361 e. The molecule has 0 atom stereocenters. The van der Waals surface area contributed by atoms with Gasteiger partial charge in [-0.15, -0.1) is 0 Å². The van der Waals surface area contributed by atoms with Gasteiger partial charge >= 0.3 is 0 Å². The topological polar surface area (TPSA) is 105 Å². The molecule has 3 N–H and O–H groups in total. The fraction of sp³-hybridized carbons (Fsp3) is 0.375. The number of nitrogens with one attached hydrogen (secondary N) is 1. The fourth-order valence-electron chi connectivity index (χ4n) is 2.81. The molecule has 1 saturated heterocycles. The van der Waals surface area contributed by atoms with Crippen molar-refractivity contribution in [2.75, 3.05) is 25.0 Å². The number of carbonyl (C=O) groups excluding carboxylic acids is 1. The van der Waals surface area contributed by atoms with Crippen LogP contribution in [-0.4, -0.2) is 43.8 Å². The normalized spacial score (nSPS) is 16.0. The molecule has 0 unspecified atom stereocenters. The maximum atomic E-state index is 12.4. The Kier molecular flexibility index (Phi) is 5.36. The Bertz CT molecular complexity index is 828. The van der Waals surface area contributed by atoms with Crippen molar-refractivity contribution >= 4 is 32.4 Å². The third-order valence-corrected chi connectivity index (χ3v) is 6.59. The number of carbonyl (C=O) groups is 1. The summed E-state index contributed by atoms with van der Waals surface area (Å²) in [7, 11) is -3.70. The van der Waals surface area contributed by atoms with Crippen molar-refractivity contribution in [3.8, 4) is 0 Å². The number of nitrogens with two attached hydrogens (primary N) is 1. The number of sulfonamides is 1. The Morgan fingerprint density at radius 3 is 2.56 bits per heavy atom. The Morgan fingerprint density at radius 2 is 1.96 bits per heavy atom. The van der Waals surface area contributed by atoms with E-state index in [0.29, 0.717) is 17.6 Å². The molecule has 1 amide bonds. The first-order valence-corrected chi connectivity index (χ1v) is 10.4. The van der Waals surface area contributed by atoms with Crippen LogP contribution in [0.15, 0.2) is 40.7 Å². The summed E-state index contributed by atoms with van der Waals surface area (Å²) < 4.78 is 22.6. The number of hydrogen-bond acceptors (Lipinski definition) is 6. The number of piperidine rings is 1. The summed E-state index contributed by atoms with van der Waals surface area (Å²) in [6.07, 6.45) is 3.07. The van der Waals surface area contributed by atoms with E-state index < -0.39 is 10.0 Å². The van der Waals surface area contributed by atoms with Gasteiger partial charge in [-0.1, -0.05) is 29.5 Å². The number of benzene rings is 1. The lowest BCUT2D eigenvalue weighted by Gasteiger charge is -2.32. The number of hydrogen-bond donors (Lipinski definition) is 2. The lowest BCUT2D eigenvalue weighted by Crippen LogP contribution is -2.39. The zero-order chi connectivity index (χ0) is 17.9. The summed E-state index contributed by atoms with van der Waals surface area (Å²) in [6, 6.07) is 9.30. The summed E-state index contributed by atoms with van der Waals surface area (Å²) >= 11 is 1.03. The van der Waals surface area contributed by atoms with Crippen molar-refractivity contribution in [3.05, 3.63) is 42.1 Å². The number of anilines is 1. The van der Waals surface area contributed by atoms with Gasteiger partial charge in [0.15, 0.2) is 9.34 Å². The van der Waals surface area contributed by atoms with Gasteiger partial charge in [0.1, 0.15) is 0 Å². The first kappa shape index (κ1) is 17.8. The monoisotopic (exact) mass is 380 g/mol. The van der Waals surface area contributed by atoms with E-state index in [1.807, 2.05) is 35.2 Å². The minimum absolute atomic E-state index is 0.0540. The molecule has 2 aromatic rings. The van der Waals surface area contributed by atoms with Crippen LogP contribution in [0.2, 0.25) is 0 Å². The van der Waals surface area contributed by atoms with Crippen molar-refractivity contribution in [3.63, 3.8) is 0 Å². The molecule has 0 saturated carbocycles. The second-order valence-corrected chi connectivity index (χ2v) is 8.83. The van der Waals surface area contributed by atoms with Crippen molar-refractivity contribution in [1.29, 1.82) is 0 Å². The third kappa shape index (κ3) is 4.56. The molecule has 2 heterocycles. The molecule has 1 aliphatic heterocycles. The molecule has 134 valence electrons. The van der Waals surface area contributed by atoms with Crippen LogP contribution in [-0.2, 0) is 10.0 Å². The summed E-state index contributed by atoms with van der Waals surface area (Å²) in [5.74, 6) is 0.492. The molecule has 1 aromatic heterocycles. The van der Waals surface area contributed by atoms with Crippen molar-refractivity contribution in [2.45, 2.75) is 17.1 Å². The zero-order valence-corrected chi connectivity index (χ0v) is 15.2. The predicted octanol–water partition coefficient (Wildman–Crippen LogP) is 1.75. The highest BCUT2D eigenvalue weighted by Crippen LogP contribution is 2.24. The van der Waals surface area contributed by atoms with Crippen molar-refractivity contribution < 1.29 is 13.2 Å². The molecule has 0 spiro atoms. The smallest absolute Gasteiger partial charge is 0.253 e. The van der Waals surface area contributed by atoms with Gasteiger partial charge in [0.2, 0.25) is 10.0 Å². The largest absolute Gasteiger partial charge is 0.361 e. The number of likely N-dealkylation sites (tertiary alicyclic amines) is 1. The fourth-order valence-corrected chi connectivity index (χ4v) is 4.27. The lowest BCUT2D eigenvalue weighted by molar-refractivity contribution is 0.0695. The second kappa shape index (κ2) is 7.51. The summed E-state index contributed by atoms with van der Waals surface area (Å²) in [5.41, 5.74) is 0.720. The number of nitrogens with zero attached hydrogens (tertiary/aromatic N) is 2. The van der Waals surface area contributed by atoms with Gasteiger partial charge < -0.3 is 10.2 Å². The van der Waals surface area contributed by atoms with Gasteiger partial charge in [-0.2, -0.15) is 0 Å². The first-order valence-electron chi connectivity index (χ1n) is 8.00. The quantitative estimate of drug-likeness (QED) is 0.822. The Morgan fingerprint density at radius 1 is 1.28 bits per heavy atom. The van der Waals surface area contributed by atoms with E-state index in [4.69, 9.17) is 5.14 Å². The van der Waals surface area contributed by atoms with Crippen LogP contribution in [0.5, 0.6) is 0 Å². The van der Waals surface area contributed by atoms with E-state index in [9.17, 15) is 13.2 Å². The predicted molar refractivity (Wildman–Crippen MR) is 97.0 cm³/mol. The van der Waals surface area contributed by atoms with Gasteiger partial charge in [0, 0.05) is 25.2 Å². The summed E-state index contributed by atoms with van der Waals surface area (Å²) in [6.45, 7) is 2.14. The number of aromatic nitrogens is 1. The van der Waals surface area contributed by atoms with Gasteiger partial charge in [-0.25, -0.2) is 18.5 Å². The van der Waals surface area contributed by atoms with E-state index in [-0.39, 0.29) is 10.1 Å². The van der Waals surface area contributed by atoms with Gasteiger partial charge in [-0.05, 0) is 30.9 Å². The molecule has 1 aromatic carbocycles. The lowest BCUT2D eigenvalue weighted by atomic mass is 9.96. The van der Waals surface area contributed by atoms with Crippen LogP contribution >= 0.6 is 11.3 Å². The summed E-state index contributed by atoms with van der Waals surface area (Å²) in [4.78, 5) is 18.3. The maximum absolute atomic E-state index is 12.4. The third-order valence-electron chi connectivity index (χ3n) is 4.23. The Hall–Kier alpha value is -1.97. The van der Waals surface area contributed by atoms with Crippen LogP contribution in [0.25, 0.3) is 0 Å². The van der Waals surface area contributed by atoms with E-state index in [1.165, 1.54) is 6.20 Å². The van der Waals surface area contributed by atoms with E-state index in [2.05, 4.69) is 10.3 Å². The molecular weight excluding hydrogens is 360 g/mol. The molecule has 0 aliphatic carbocycles. The average Bonchev–Trinajstić information content (AvgIpc) is 3.10. The molecular formula is C16H20N4O3S2. The molecule has 25 heavy (non-hydrogen) atoms. The Balaban J connectivity index is 1.48. The molecule has 3 rings (SSSR count). The van der Waals surface area contributed by atoms with E-state index >= 15 is 0 Å². The highest BCUT2D eigenvalue weighted by atomic mass is 32.2. The molecule has 0 bridgehead atoms. The number of thiazole rings is 1. The second-order valence-electron chi connectivity index (χ2n) is 6.01. The van der Waals surface area contributed by atoms with Gasteiger partial charge in [0.05, 0.1) is 6.20 Å². The Labute approximate surface area is 150 Å². The first-order chi connectivity index (χ1) is 11.9. The molecule has 9 heteroatoms. The SMILES string of the molecule is NS(=O)(=O)c1cnc(NCC2CCN(C(=O)c3ccccc3)CC2)s1. The standard InChI is InChI=1S/C16H20N4O3S2/c17-25(22,23)14-11-19-16(24-14)18-10-12-6-8-20(9-7-12)15(21)13-4-2-1-3-5-13/h1-5,11-12H,6-10H2,(H,18,19)(H2,17,22,23). The number of rotatable bonds is 5. The number of amides is 1. The average molecular weight is 380 g/mol. The van der Waals surface area contributed by atoms with E-state index in [1.54, 1.807) is 0 Å². The molecule has 0 radical (unpaired) electrons. The van der Waals surface area contributed by atoms with Crippen LogP contribution in [0.1, 0.15) is 23.2 Å². The highest BCUT2D eigenvalue weighted by molar-refractivity contribution is 7.91. The summed E-state index contributed by atoms with van der Waals surface area (Å²) in [5, 5.41) is 8.79. The van der Waals surface area contributed by atoms with Gasteiger partial charge in [-0.3, -0.25) is 4.79 Å². The van der Waals surface area contributed by atoms with E-state index in [0.717, 1.165) is 42.8 Å². The minimum atomic E-state index is -3.70. The van der Waals surface area contributed by atoms with Crippen LogP contribution in [0.4, 0.5) is 5.13 Å². The van der Waals surface area contributed by atoms with Crippen molar-refractivity contribution in [2.24, 2.45) is 11.1 Å². The highest BCUT2D eigenvalue weighted by Gasteiger charge is 2.23. The molecule has 1 aliphatic rings. The van der Waals surface area contributed by atoms with Crippen LogP contribution < -0.4 is 10.5 Å². The number of primary sulfonamides is 1. The maximum Gasteiger partial charge on any atom is 0.253 e. The van der Waals surface area contributed by atoms with Crippen LogP contribution in [0.3, 0.4) is 0 Å². The molecule has 7 nitrogen and oxygen atoms in total. The van der Waals surface area contributed by atoms with Crippen molar-refractivity contribution in [1.82, 2.24) is 9.88 Å². The van der Waals surface area contributed by atoms with Gasteiger partial charge in [0.25, 0.3) is 5.91 Å². The van der Waals surface area contributed by atoms with Crippen LogP contribution in [0, 0.1) is 5.92 Å². The molecule has 1 fully saturated rings. The zero-order valence-electron chi connectivity index (χ0n) is 13.6.